The Balaban J connectivity index is 2.97. The van der Waals surface area contributed by atoms with Crippen LogP contribution in [0.2, 0.25) is 0 Å². The van der Waals surface area contributed by atoms with Gasteiger partial charge in [-0.25, -0.2) is 8.42 Å². The number of aliphatic imine (C=N–C) groups is 1. The monoisotopic (exact) mass is 175 g/mol. The summed E-state index contributed by atoms with van der Waals surface area (Å²) in [4.78, 5) is 3.57. The zero-order valence-corrected chi connectivity index (χ0v) is 6.70. The molecule has 0 saturated carbocycles. The first-order valence-electron chi connectivity index (χ1n) is 2.65. The molecule has 0 unspecified atom stereocenters. The minimum atomic E-state index is -2.96. The van der Waals surface area contributed by atoms with Crippen molar-refractivity contribution in [1.29, 1.82) is 0 Å². The lowest BCUT2D eigenvalue weighted by atomic mass is 10.4. The highest BCUT2D eigenvalue weighted by atomic mass is 32.2. The van der Waals surface area contributed by atoms with Crippen molar-refractivity contribution in [2.75, 3.05) is 5.75 Å². The molecule has 0 aromatic rings. The molecule has 0 aromatic carbocycles. The van der Waals surface area contributed by atoms with Crippen LogP contribution >= 0.6 is 12.2 Å². The van der Waals surface area contributed by atoms with Crippen molar-refractivity contribution in [2.24, 2.45) is 4.99 Å². The summed E-state index contributed by atoms with van der Waals surface area (Å²) >= 11 is 4.31. The van der Waals surface area contributed by atoms with E-state index in [1.807, 2.05) is 0 Å². The predicted molar refractivity (Wildman–Crippen MR) is 41.5 cm³/mol. The van der Waals surface area contributed by atoms with E-state index in [-0.39, 0.29) is 5.75 Å². The fraction of sp³-hybridized carbons (Fsp3) is 0.400. The van der Waals surface area contributed by atoms with E-state index in [0.29, 0.717) is 12.1 Å². The van der Waals surface area contributed by atoms with E-state index in [1.54, 1.807) is 0 Å². The zero-order chi connectivity index (χ0) is 7.61. The van der Waals surface area contributed by atoms with Crippen LogP contribution in [0, 0.1) is 0 Å². The molecule has 0 amide bonds. The second-order valence-electron chi connectivity index (χ2n) is 1.93. The predicted octanol–water partition coefficient (Wildman–Crippen LogP) is 0.749. The smallest absolute Gasteiger partial charge is 0.173 e. The van der Waals surface area contributed by atoms with E-state index in [9.17, 15) is 8.42 Å². The van der Waals surface area contributed by atoms with Gasteiger partial charge < -0.3 is 0 Å². The van der Waals surface area contributed by atoms with Gasteiger partial charge in [-0.1, -0.05) is 0 Å². The third kappa shape index (κ3) is 1.73. The topological polar surface area (TPSA) is 46.5 Å². The number of nitrogens with zero attached hydrogens (tertiary/aromatic N) is 1. The molecule has 0 saturated heterocycles. The lowest BCUT2D eigenvalue weighted by Gasteiger charge is -1.80. The highest BCUT2D eigenvalue weighted by Crippen LogP contribution is 2.16. The minimum absolute atomic E-state index is 0.156. The first-order valence-corrected chi connectivity index (χ1v) is 4.77. The van der Waals surface area contributed by atoms with Gasteiger partial charge in [-0.05, 0) is 12.2 Å². The van der Waals surface area contributed by atoms with E-state index in [1.165, 1.54) is 0 Å². The van der Waals surface area contributed by atoms with Gasteiger partial charge >= 0.3 is 0 Å². The Labute approximate surface area is 64.4 Å². The molecular formula is C5H5NO2S2. The summed E-state index contributed by atoms with van der Waals surface area (Å²) in [5.74, 6) is 0.156. The van der Waals surface area contributed by atoms with E-state index in [0.717, 1.165) is 5.41 Å². The molecule has 1 aliphatic heterocycles. The lowest BCUT2D eigenvalue weighted by Crippen LogP contribution is -1.92. The Morgan fingerprint density at radius 2 is 2.40 bits per heavy atom. The molecule has 0 fully saturated rings. The molecule has 0 aliphatic carbocycles. The van der Waals surface area contributed by atoms with Crippen molar-refractivity contribution in [1.82, 2.24) is 0 Å². The number of allylic oxidation sites excluding steroid dienone is 1. The molecule has 1 aliphatic rings. The highest BCUT2D eigenvalue weighted by Gasteiger charge is 2.17. The van der Waals surface area contributed by atoms with Crippen LogP contribution in [0.3, 0.4) is 0 Å². The molecule has 1 rings (SSSR count). The fourth-order valence-corrected chi connectivity index (χ4v) is 2.03. The van der Waals surface area contributed by atoms with Gasteiger partial charge in [0.25, 0.3) is 0 Å². The molecule has 0 atom stereocenters. The van der Waals surface area contributed by atoms with Gasteiger partial charge in [-0.3, -0.25) is 0 Å². The maximum absolute atomic E-state index is 10.7. The maximum atomic E-state index is 10.7. The van der Waals surface area contributed by atoms with E-state index < -0.39 is 9.84 Å². The van der Waals surface area contributed by atoms with Crippen LogP contribution in [0.15, 0.2) is 16.1 Å². The Kier molecular flexibility index (Phi) is 1.99. The van der Waals surface area contributed by atoms with Gasteiger partial charge in [0, 0.05) is 6.42 Å². The molecule has 0 aromatic heterocycles. The summed E-state index contributed by atoms with van der Waals surface area (Å²) in [5.41, 5.74) is 0.509. The van der Waals surface area contributed by atoms with Crippen molar-refractivity contribution in [3.05, 3.63) is 11.1 Å². The van der Waals surface area contributed by atoms with Gasteiger partial charge in [0.05, 0.1) is 22.0 Å². The van der Waals surface area contributed by atoms with Gasteiger partial charge in [0.2, 0.25) is 0 Å². The molecule has 3 nitrogen and oxygen atoms in total. The second kappa shape index (κ2) is 2.62. The third-order valence-corrected chi connectivity index (χ3v) is 2.64. The molecule has 1 heterocycles. The van der Waals surface area contributed by atoms with E-state index in [2.05, 4.69) is 22.4 Å². The van der Waals surface area contributed by atoms with E-state index >= 15 is 0 Å². The van der Waals surface area contributed by atoms with Gasteiger partial charge in [0.1, 0.15) is 0 Å². The highest BCUT2D eigenvalue weighted by molar-refractivity contribution is 7.94. The number of rotatable bonds is 1. The van der Waals surface area contributed by atoms with Crippen LogP contribution in [0.25, 0.3) is 0 Å². The fourth-order valence-electron chi connectivity index (χ4n) is 0.713. The molecule has 54 valence electrons. The van der Waals surface area contributed by atoms with Crippen LogP contribution in [-0.2, 0) is 9.84 Å². The summed E-state index contributed by atoms with van der Waals surface area (Å²) in [6, 6.07) is 0. The van der Waals surface area contributed by atoms with Crippen molar-refractivity contribution in [3.63, 3.8) is 0 Å². The Bertz CT molecular complexity index is 309. The molecular weight excluding hydrogens is 170 g/mol. The van der Waals surface area contributed by atoms with Crippen molar-refractivity contribution < 1.29 is 8.42 Å². The number of hydrogen-bond acceptors (Lipinski definition) is 4. The largest absolute Gasteiger partial charge is 0.224 e. The zero-order valence-electron chi connectivity index (χ0n) is 5.07. The van der Waals surface area contributed by atoms with Crippen LogP contribution in [0.1, 0.15) is 6.42 Å². The summed E-state index contributed by atoms with van der Waals surface area (Å²) in [6.45, 7) is 0. The lowest BCUT2D eigenvalue weighted by molar-refractivity contribution is 0.606. The first-order chi connectivity index (χ1) is 4.64. The summed E-state index contributed by atoms with van der Waals surface area (Å²) in [5, 5.41) is 3.27. The van der Waals surface area contributed by atoms with Gasteiger partial charge in [-0.2, -0.15) is 4.99 Å². The third-order valence-electron chi connectivity index (χ3n) is 1.15. The Hall–Kier alpha value is -0.510. The summed E-state index contributed by atoms with van der Waals surface area (Å²) in [6.07, 6.45) is 0.464. The second-order valence-corrected chi connectivity index (χ2v) is 4.08. The quantitative estimate of drug-likeness (QED) is 0.436. The van der Waals surface area contributed by atoms with Crippen LogP contribution < -0.4 is 0 Å². The van der Waals surface area contributed by atoms with Crippen LogP contribution in [0.4, 0.5) is 0 Å². The van der Waals surface area contributed by atoms with Crippen LogP contribution in [0.5, 0.6) is 0 Å². The average molecular weight is 175 g/mol. The van der Waals surface area contributed by atoms with Gasteiger partial charge in [0.15, 0.2) is 9.84 Å². The number of isothiocyanates is 1. The number of hydrogen-bond donors (Lipinski definition) is 0. The molecule has 0 N–H and O–H groups in total. The van der Waals surface area contributed by atoms with Crippen molar-refractivity contribution >= 4 is 27.2 Å². The number of sulfone groups is 1. The number of thiocarbonyl (C=S) groups is 1. The summed E-state index contributed by atoms with van der Waals surface area (Å²) in [7, 11) is -2.96. The van der Waals surface area contributed by atoms with Crippen molar-refractivity contribution in [2.45, 2.75) is 6.42 Å². The van der Waals surface area contributed by atoms with Crippen LogP contribution in [-0.4, -0.2) is 19.3 Å². The molecule has 0 spiro atoms. The Morgan fingerprint density at radius 3 is 2.80 bits per heavy atom. The van der Waals surface area contributed by atoms with E-state index in [4.69, 9.17) is 0 Å². The maximum Gasteiger partial charge on any atom is 0.173 e. The summed E-state index contributed by atoms with van der Waals surface area (Å²) < 4.78 is 21.4. The first kappa shape index (κ1) is 7.60. The molecule has 10 heavy (non-hydrogen) atoms. The average Bonchev–Trinajstić information content (AvgIpc) is 2.12. The molecule has 5 heteroatoms. The van der Waals surface area contributed by atoms with Crippen molar-refractivity contribution in [3.8, 4) is 0 Å². The Morgan fingerprint density at radius 1 is 1.70 bits per heavy atom. The SMILES string of the molecule is O=S1(=O)C=C(N=C=S)CC1. The standard InChI is InChI=1S/C5H5NO2S2/c7-10(8)2-1-5(3-10)6-4-9/h3H,1-2H2. The van der Waals surface area contributed by atoms with Gasteiger partial charge in [-0.15, -0.1) is 0 Å². The molecule has 0 radical (unpaired) electrons. The minimum Gasteiger partial charge on any atom is -0.224 e. The molecule has 0 bridgehead atoms. The normalized spacial score (nSPS) is 21.4.